The van der Waals surface area contributed by atoms with Crippen LogP contribution in [0, 0.1) is 0 Å². The average molecular weight is 310 g/mol. The molecule has 1 aromatic rings. The van der Waals surface area contributed by atoms with Gasteiger partial charge in [-0.2, -0.15) is 11.8 Å². The zero-order chi connectivity index (χ0) is 14.2. The average Bonchev–Trinajstić information content (AvgIpc) is 3.17. The van der Waals surface area contributed by atoms with E-state index in [-0.39, 0.29) is 22.9 Å². The quantitative estimate of drug-likeness (QED) is 0.926. The number of hydrogen-bond donors (Lipinski definition) is 1. The SMILES string of the molecule is CSC1(CN2C(=O)C(C)NC2c2cccs2)CCCC1. The number of carbonyl (C=O) groups is 1. The highest BCUT2D eigenvalue weighted by molar-refractivity contribution is 8.00. The Labute approximate surface area is 129 Å². The predicted molar refractivity (Wildman–Crippen MR) is 86.1 cm³/mol. The van der Waals surface area contributed by atoms with Crippen molar-refractivity contribution in [1.82, 2.24) is 10.2 Å². The molecule has 20 heavy (non-hydrogen) atoms. The van der Waals surface area contributed by atoms with E-state index in [1.165, 1.54) is 30.6 Å². The number of thiophene rings is 1. The topological polar surface area (TPSA) is 32.3 Å². The van der Waals surface area contributed by atoms with Crippen molar-refractivity contribution >= 4 is 29.0 Å². The van der Waals surface area contributed by atoms with Crippen LogP contribution in [-0.2, 0) is 4.79 Å². The van der Waals surface area contributed by atoms with E-state index in [9.17, 15) is 4.79 Å². The third-order valence-corrected chi connectivity index (χ3v) is 6.92. The van der Waals surface area contributed by atoms with Crippen molar-refractivity contribution < 1.29 is 4.79 Å². The van der Waals surface area contributed by atoms with Crippen LogP contribution < -0.4 is 5.32 Å². The highest BCUT2D eigenvalue weighted by Crippen LogP contribution is 2.43. The van der Waals surface area contributed by atoms with Crippen LogP contribution in [0.3, 0.4) is 0 Å². The summed E-state index contributed by atoms with van der Waals surface area (Å²) < 4.78 is 0.275. The molecule has 0 aromatic carbocycles. The van der Waals surface area contributed by atoms with Gasteiger partial charge in [-0.25, -0.2) is 0 Å². The summed E-state index contributed by atoms with van der Waals surface area (Å²) in [6.45, 7) is 2.86. The minimum absolute atomic E-state index is 0.0672. The third kappa shape index (κ3) is 2.51. The summed E-state index contributed by atoms with van der Waals surface area (Å²) >= 11 is 3.68. The van der Waals surface area contributed by atoms with E-state index in [1.807, 2.05) is 18.7 Å². The second-order valence-corrected chi connectivity index (χ2v) is 8.12. The van der Waals surface area contributed by atoms with Gasteiger partial charge >= 0.3 is 0 Å². The number of nitrogens with one attached hydrogen (secondary N) is 1. The second-order valence-electron chi connectivity index (χ2n) is 5.87. The molecule has 1 aliphatic heterocycles. The van der Waals surface area contributed by atoms with Gasteiger partial charge in [0.25, 0.3) is 0 Å². The molecule has 3 rings (SSSR count). The molecule has 0 radical (unpaired) electrons. The lowest BCUT2D eigenvalue weighted by molar-refractivity contribution is -0.130. The van der Waals surface area contributed by atoms with Crippen LogP contribution in [0.25, 0.3) is 0 Å². The van der Waals surface area contributed by atoms with Crippen molar-refractivity contribution in [1.29, 1.82) is 0 Å². The Morgan fingerprint density at radius 3 is 2.85 bits per heavy atom. The van der Waals surface area contributed by atoms with E-state index in [2.05, 4.69) is 34.0 Å². The van der Waals surface area contributed by atoms with Gasteiger partial charge in [0, 0.05) is 16.2 Å². The second kappa shape index (κ2) is 5.70. The first kappa shape index (κ1) is 14.4. The van der Waals surface area contributed by atoms with Crippen molar-refractivity contribution in [2.75, 3.05) is 12.8 Å². The molecular weight excluding hydrogens is 288 g/mol. The molecule has 2 heterocycles. The fourth-order valence-electron chi connectivity index (χ4n) is 3.38. The molecule has 5 heteroatoms. The molecule has 0 bridgehead atoms. The Balaban J connectivity index is 1.83. The van der Waals surface area contributed by atoms with Crippen molar-refractivity contribution in [3.8, 4) is 0 Å². The first-order valence-electron chi connectivity index (χ1n) is 7.30. The van der Waals surface area contributed by atoms with Gasteiger partial charge in [0.2, 0.25) is 5.91 Å². The molecule has 1 saturated heterocycles. The van der Waals surface area contributed by atoms with Crippen LogP contribution in [-0.4, -0.2) is 34.4 Å². The van der Waals surface area contributed by atoms with Crippen molar-refractivity contribution in [2.45, 2.75) is 49.6 Å². The molecule has 1 N–H and O–H groups in total. The Morgan fingerprint density at radius 1 is 1.50 bits per heavy atom. The molecule has 2 unspecified atom stereocenters. The lowest BCUT2D eigenvalue weighted by Crippen LogP contribution is -2.42. The highest BCUT2D eigenvalue weighted by atomic mass is 32.2. The van der Waals surface area contributed by atoms with Crippen molar-refractivity contribution in [2.24, 2.45) is 0 Å². The lowest BCUT2D eigenvalue weighted by Gasteiger charge is -2.34. The highest BCUT2D eigenvalue weighted by Gasteiger charge is 2.43. The van der Waals surface area contributed by atoms with E-state index in [0.29, 0.717) is 0 Å². The van der Waals surface area contributed by atoms with Crippen LogP contribution in [0.1, 0.15) is 43.6 Å². The van der Waals surface area contributed by atoms with Gasteiger partial charge < -0.3 is 4.90 Å². The molecule has 110 valence electrons. The normalized spacial score (nSPS) is 29.3. The smallest absolute Gasteiger partial charge is 0.241 e. The van der Waals surface area contributed by atoms with Gasteiger partial charge in [-0.05, 0) is 37.5 Å². The Morgan fingerprint density at radius 2 is 2.25 bits per heavy atom. The summed E-state index contributed by atoms with van der Waals surface area (Å²) in [5.41, 5.74) is 0. The predicted octanol–water partition coefficient (Wildman–Crippen LogP) is 3.24. The number of rotatable bonds is 4. The maximum absolute atomic E-state index is 12.5. The standard InChI is InChI=1S/C15H22N2OS2/c1-11-14(18)17(10-15(19-2)7-3-4-8-15)13(16-11)12-6-5-9-20-12/h5-6,9,11,13,16H,3-4,7-8,10H2,1-2H3. The van der Waals surface area contributed by atoms with Crippen LogP contribution in [0.5, 0.6) is 0 Å². The number of carbonyl (C=O) groups excluding carboxylic acids is 1. The minimum atomic E-state index is -0.0672. The van der Waals surface area contributed by atoms with Crippen LogP contribution in [0.4, 0.5) is 0 Å². The summed E-state index contributed by atoms with van der Waals surface area (Å²) in [5, 5.41) is 5.53. The number of hydrogen-bond acceptors (Lipinski definition) is 4. The van der Waals surface area contributed by atoms with Crippen LogP contribution >= 0.6 is 23.1 Å². The fourth-order valence-corrected chi connectivity index (χ4v) is 5.14. The number of thioether (sulfide) groups is 1. The summed E-state index contributed by atoms with van der Waals surface area (Å²) in [6, 6.07) is 4.12. The van der Waals surface area contributed by atoms with E-state index >= 15 is 0 Å². The van der Waals surface area contributed by atoms with Gasteiger partial charge in [-0.15, -0.1) is 11.3 Å². The van der Waals surface area contributed by atoms with Crippen molar-refractivity contribution in [3.05, 3.63) is 22.4 Å². The van der Waals surface area contributed by atoms with E-state index in [4.69, 9.17) is 0 Å². The van der Waals surface area contributed by atoms with Crippen LogP contribution in [0.15, 0.2) is 17.5 Å². The van der Waals surface area contributed by atoms with Gasteiger partial charge in [-0.1, -0.05) is 18.9 Å². The van der Waals surface area contributed by atoms with Crippen molar-refractivity contribution in [3.63, 3.8) is 0 Å². The molecule has 3 nitrogen and oxygen atoms in total. The maximum Gasteiger partial charge on any atom is 0.241 e. The molecule has 2 fully saturated rings. The summed E-state index contributed by atoms with van der Waals surface area (Å²) in [4.78, 5) is 15.8. The molecule has 2 atom stereocenters. The summed E-state index contributed by atoms with van der Waals surface area (Å²) in [7, 11) is 0. The first-order chi connectivity index (χ1) is 9.65. The molecule has 1 saturated carbocycles. The van der Waals surface area contributed by atoms with Gasteiger partial charge in [0.05, 0.1) is 6.04 Å². The molecule has 1 aromatic heterocycles. The molecule has 1 amide bonds. The van der Waals surface area contributed by atoms with Gasteiger partial charge in [0.1, 0.15) is 6.17 Å². The maximum atomic E-state index is 12.5. The fraction of sp³-hybridized carbons (Fsp3) is 0.667. The summed E-state index contributed by atoms with van der Waals surface area (Å²) in [5.74, 6) is 0.253. The summed E-state index contributed by atoms with van der Waals surface area (Å²) in [6.07, 6.45) is 7.35. The van der Waals surface area contributed by atoms with E-state index < -0.39 is 0 Å². The molecular formula is C15H22N2OS2. The third-order valence-electron chi connectivity index (χ3n) is 4.59. The monoisotopic (exact) mass is 310 g/mol. The minimum Gasteiger partial charge on any atom is -0.319 e. The largest absolute Gasteiger partial charge is 0.319 e. The van der Waals surface area contributed by atoms with Crippen LogP contribution in [0.2, 0.25) is 0 Å². The Hall–Kier alpha value is -0.520. The van der Waals surface area contributed by atoms with E-state index in [0.717, 1.165) is 6.54 Å². The number of nitrogens with zero attached hydrogens (tertiary/aromatic N) is 1. The number of amides is 1. The van der Waals surface area contributed by atoms with Gasteiger partial charge in [0.15, 0.2) is 0 Å². The molecule has 0 spiro atoms. The Kier molecular flexibility index (Phi) is 4.11. The zero-order valence-corrected chi connectivity index (χ0v) is 13.7. The lowest BCUT2D eigenvalue weighted by atomic mass is 10.1. The zero-order valence-electron chi connectivity index (χ0n) is 12.1. The first-order valence-corrected chi connectivity index (χ1v) is 9.41. The van der Waals surface area contributed by atoms with Gasteiger partial charge in [-0.3, -0.25) is 10.1 Å². The molecule has 2 aliphatic rings. The Bertz CT molecular complexity index is 468. The molecule has 1 aliphatic carbocycles. The van der Waals surface area contributed by atoms with E-state index in [1.54, 1.807) is 11.3 Å².